The summed E-state index contributed by atoms with van der Waals surface area (Å²) in [6.07, 6.45) is 0.556. The van der Waals surface area contributed by atoms with Crippen LogP contribution < -0.4 is 21.7 Å². The quantitative estimate of drug-likeness (QED) is 0.212. The van der Waals surface area contributed by atoms with Crippen LogP contribution in [0.25, 0.3) is 0 Å². The van der Waals surface area contributed by atoms with Gasteiger partial charge in [-0.15, -0.1) is 0 Å². The number of hydrogen-bond acceptors (Lipinski definition) is 6. The lowest BCUT2D eigenvalue weighted by molar-refractivity contribution is -0.143. The molecule has 0 saturated carbocycles. The van der Waals surface area contributed by atoms with Crippen LogP contribution >= 0.6 is 0 Å². The number of carbonyl (C=O) groups excluding carboxylic acids is 3. The zero-order chi connectivity index (χ0) is 27.4. The smallest absolute Gasteiger partial charge is 0.326 e. The molecule has 0 aromatic heterocycles. The van der Waals surface area contributed by atoms with Crippen molar-refractivity contribution in [3.05, 3.63) is 71.8 Å². The highest BCUT2D eigenvalue weighted by atomic mass is 16.4. The number of nitrogens with two attached hydrogens (primary N) is 1. The third-order valence-electron chi connectivity index (χ3n) is 5.69. The Hall–Kier alpha value is -3.76. The lowest BCUT2D eigenvalue weighted by Gasteiger charge is -2.25. The van der Waals surface area contributed by atoms with Crippen LogP contribution in [0.3, 0.4) is 0 Å². The number of nitrogens with one attached hydrogen (secondary N) is 3. The molecular weight excluding hydrogens is 476 g/mol. The van der Waals surface area contributed by atoms with Gasteiger partial charge in [-0.3, -0.25) is 14.4 Å². The number of hydrogen-bond donors (Lipinski definition) is 6. The van der Waals surface area contributed by atoms with Gasteiger partial charge in [0.15, 0.2) is 0 Å². The Kier molecular flexibility index (Phi) is 11.7. The van der Waals surface area contributed by atoms with Gasteiger partial charge < -0.3 is 31.9 Å². The van der Waals surface area contributed by atoms with Crippen molar-refractivity contribution in [1.82, 2.24) is 16.0 Å². The minimum atomic E-state index is -1.41. The summed E-state index contributed by atoms with van der Waals surface area (Å²) in [5.74, 6) is -3.32. The molecule has 0 bridgehead atoms. The fourth-order valence-corrected chi connectivity index (χ4v) is 3.73. The fourth-order valence-electron chi connectivity index (χ4n) is 3.73. The average molecular weight is 513 g/mol. The maximum absolute atomic E-state index is 13.2. The molecule has 0 aliphatic rings. The van der Waals surface area contributed by atoms with E-state index >= 15 is 0 Å². The maximum atomic E-state index is 13.2. The highest BCUT2D eigenvalue weighted by Gasteiger charge is 2.30. The number of carboxylic acid groups (broad SMARTS) is 1. The standard InChI is InChI=1S/C27H36N4O6/c1-17(2)13-22(27(36)37)30-26(35)23(16-32)31-25(34)21(15-19-11-7-4-8-12-19)29-24(33)20(28)14-18-9-5-3-6-10-18/h3-12,17,20-23,32H,13-16,28H2,1-2H3,(H,29,33)(H,30,35)(H,31,34)(H,36,37). The van der Waals surface area contributed by atoms with Gasteiger partial charge in [0.1, 0.15) is 18.1 Å². The summed E-state index contributed by atoms with van der Waals surface area (Å²) in [6, 6.07) is 13.6. The molecule has 2 aromatic rings. The number of aliphatic carboxylic acids is 1. The summed E-state index contributed by atoms with van der Waals surface area (Å²) in [6.45, 7) is 2.87. The molecule has 0 radical (unpaired) electrons. The van der Waals surface area contributed by atoms with E-state index in [9.17, 15) is 29.4 Å². The van der Waals surface area contributed by atoms with Gasteiger partial charge in [-0.1, -0.05) is 74.5 Å². The number of amides is 3. The predicted octanol–water partition coefficient (Wildman–Crippen LogP) is 0.377. The summed E-state index contributed by atoms with van der Waals surface area (Å²) in [5.41, 5.74) is 7.70. The van der Waals surface area contributed by atoms with Crippen molar-refractivity contribution in [2.45, 2.75) is 57.3 Å². The van der Waals surface area contributed by atoms with Crippen LogP contribution in [-0.4, -0.2) is 64.7 Å². The summed E-state index contributed by atoms with van der Waals surface area (Å²) < 4.78 is 0. The fraction of sp³-hybridized carbons (Fsp3) is 0.407. The van der Waals surface area contributed by atoms with Gasteiger partial charge >= 0.3 is 5.97 Å². The molecule has 37 heavy (non-hydrogen) atoms. The minimum Gasteiger partial charge on any atom is -0.480 e. The molecule has 3 amide bonds. The zero-order valence-corrected chi connectivity index (χ0v) is 21.1. The van der Waals surface area contributed by atoms with Crippen molar-refractivity contribution in [1.29, 1.82) is 0 Å². The molecule has 0 aliphatic carbocycles. The van der Waals surface area contributed by atoms with Gasteiger partial charge in [0.25, 0.3) is 0 Å². The molecule has 0 aliphatic heterocycles. The number of carboxylic acids is 1. The van der Waals surface area contributed by atoms with E-state index in [1.165, 1.54) is 0 Å². The van der Waals surface area contributed by atoms with E-state index in [2.05, 4.69) is 16.0 Å². The maximum Gasteiger partial charge on any atom is 0.326 e. The summed E-state index contributed by atoms with van der Waals surface area (Å²) in [7, 11) is 0. The van der Waals surface area contributed by atoms with Crippen molar-refractivity contribution in [2.75, 3.05) is 6.61 Å². The first kappa shape index (κ1) is 29.5. The molecule has 7 N–H and O–H groups in total. The molecule has 2 aromatic carbocycles. The first-order valence-electron chi connectivity index (χ1n) is 12.2. The molecule has 2 rings (SSSR count). The molecule has 4 unspecified atom stereocenters. The molecule has 0 heterocycles. The number of aliphatic hydroxyl groups is 1. The van der Waals surface area contributed by atoms with Crippen LogP contribution in [0.1, 0.15) is 31.4 Å². The average Bonchev–Trinajstić information content (AvgIpc) is 2.87. The molecular formula is C27H36N4O6. The van der Waals surface area contributed by atoms with Gasteiger partial charge in [-0.2, -0.15) is 0 Å². The monoisotopic (exact) mass is 512 g/mol. The van der Waals surface area contributed by atoms with Crippen LogP contribution in [0, 0.1) is 5.92 Å². The topological polar surface area (TPSA) is 171 Å². The second-order valence-corrected chi connectivity index (χ2v) is 9.32. The third-order valence-corrected chi connectivity index (χ3v) is 5.69. The third kappa shape index (κ3) is 10.0. The van der Waals surface area contributed by atoms with Gasteiger partial charge in [0, 0.05) is 6.42 Å². The second kappa shape index (κ2) is 14.7. The van der Waals surface area contributed by atoms with Gasteiger partial charge in [-0.05, 0) is 29.9 Å². The summed E-state index contributed by atoms with van der Waals surface area (Å²) in [4.78, 5) is 50.2. The van der Waals surface area contributed by atoms with E-state index < -0.39 is 54.5 Å². The van der Waals surface area contributed by atoms with Crippen molar-refractivity contribution in [2.24, 2.45) is 11.7 Å². The van der Waals surface area contributed by atoms with Crippen LogP contribution in [0.2, 0.25) is 0 Å². The molecule has 200 valence electrons. The Morgan fingerprint density at radius 3 is 1.68 bits per heavy atom. The lowest BCUT2D eigenvalue weighted by atomic mass is 10.0. The van der Waals surface area contributed by atoms with E-state index in [0.717, 1.165) is 11.1 Å². The molecule has 0 saturated heterocycles. The Labute approximate surface area is 216 Å². The summed E-state index contributed by atoms with van der Waals surface area (Å²) in [5, 5.41) is 26.6. The van der Waals surface area contributed by atoms with E-state index in [0.29, 0.717) is 0 Å². The predicted molar refractivity (Wildman–Crippen MR) is 138 cm³/mol. The first-order valence-corrected chi connectivity index (χ1v) is 12.2. The van der Waals surface area contributed by atoms with Gasteiger partial charge in [0.05, 0.1) is 12.6 Å². The summed E-state index contributed by atoms with van der Waals surface area (Å²) >= 11 is 0. The van der Waals surface area contributed by atoms with E-state index in [4.69, 9.17) is 5.73 Å². The lowest BCUT2D eigenvalue weighted by Crippen LogP contribution is -2.58. The van der Waals surface area contributed by atoms with E-state index in [-0.39, 0.29) is 25.2 Å². The van der Waals surface area contributed by atoms with Crippen molar-refractivity contribution >= 4 is 23.7 Å². The molecule has 10 heteroatoms. The van der Waals surface area contributed by atoms with Crippen LogP contribution in [0.5, 0.6) is 0 Å². The first-order chi connectivity index (χ1) is 17.6. The largest absolute Gasteiger partial charge is 0.480 e. The number of carbonyl (C=O) groups is 4. The Morgan fingerprint density at radius 2 is 1.19 bits per heavy atom. The van der Waals surface area contributed by atoms with E-state index in [1.807, 2.05) is 50.2 Å². The van der Waals surface area contributed by atoms with Crippen LogP contribution in [-0.2, 0) is 32.0 Å². The SMILES string of the molecule is CC(C)CC(NC(=O)C(CO)NC(=O)C(Cc1ccccc1)NC(=O)C(N)Cc1ccccc1)C(=O)O. The van der Waals surface area contributed by atoms with Gasteiger partial charge in [0.2, 0.25) is 17.7 Å². The second-order valence-electron chi connectivity index (χ2n) is 9.32. The zero-order valence-electron chi connectivity index (χ0n) is 21.1. The number of benzene rings is 2. The molecule has 0 fully saturated rings. The van der Waals surface area contributed by atoms with Gasteiger partial charge in [-0.25, -0.2) is 4.79 Å². The number of aliphatic hydroxyl groups excluding tert-OH is 1. The van der Waals surface area contributed by atoms with Crippen molar-refractivity contribution in [3.8, 4) is 0 Å². The minimum absolute atomic E-state index is 0.00544. The highest BCUT2D eigenvalue weighted by molar-refractivity contribution is 5.94. The number of rotatable bonds is 14. The molecule has 4 atom stereocenters. The Bertz CT molecular complexity index is 1030. The normalized spacial score (nSPS) is 14.2. The van der Waals surface area contributed by atoms with Crippen LogP contribution in [0.15, 0.2) is 60.7 Å². The van der Waals surface area contributed by atoms with Crippen molar-refractivity contribution in [3.63, 3.8) is 0 Å². The van der Waals surface area contributed by atoms with Crippen LogP contribution in [0.4, 0.5) is 0 Å². The molecule has 0 spiro atoms. The highest BCUT2D eigenvalue weighted by Crippen LogP contribution is 2.08. The van der Waals surface area contributed by atoms with Crippen molar-refractivity contribution < 1.29 is 29.4 Å². The Balaban J connectivity index is 2.13. The molecule has 10 nitrogen and oxygen atoms in total. The Morgan fingerprint density at radius 1 is 0.730 bits per heavy atom. The van der Waals surface area contributed by atoms with E-state index in [1.54, 1.807) is 24.3 Å².